The highest BCUT2D eigenvalue weighted by atomic mass is 32.1. The summed E-state index contributed by atoms with van der Waals surface area (Å²) in [6.07, 6.45) is 3.69. The van der Waals surface area contributed by atoms with Crippen LogP contribution in [0.5, 0.6) is 5.75 Å². The lowest BCUT2D eigenvalue weighted by molar-refractivity contribution is 0.417. The van der Waals surface area contributed by atoms with Gasteiger partial charge in [-0.2, -0.15) is 5.10 Å². The first-order valence-corrected chi connectivity index (χ1v) is 8.34. The van der Waals surface area contributed by atoms with Gasteiger partial charge in [-0.05, 0) is 36.8 Å². The third-order valence-electron chi connectivity index (χ3n) is 3.67. The van der Waals surface area contributed by atoms with E-state index in [2.05, 4.69) is 46.9 Å². The van der Waals surface area contributed by atoms with Gasteiger partial charge in [-0.15, -0.1) is 0 Å². The fourth-order valence-electron chi connectivity index (χ4n) is 2.54. The van der Waals surface area contributed by atoms with Crippen LogP contribution < -0.4 is 15.4 Å². The van der Waals surface area contributed by atoms with Gasteiger partial charge in [0.25, 0.3) is 0 Å². The van der Waals surface area contributed by atoms with Gasteiger partial charge in [0.2, 0.25) is 0 Å². The Morgan fingerprint density at radius 3 is 2.80 bits per heavy atom. The van der Waals surface area contributed by atoms with Crippen molar-refractivity contribution >= 4 is 28.7 Å². The van der Waals surface area contributed by atoms with Crippen molar-refractivity contribution in [3.05, 3.63) is 72.1 Å². The molecule has 0 aliphatic carbocycles. The van der Waals surface area contributed by atoms with Gasteiger partial charge in [0.15, 0.2) is 5.11 Å². The van der Waals surface area contributed by atoms with Crippen molar-refractivity contribution in [3.63, 3.8) is 0 Å². The first-order valence-electron chi connectivity index (χ1n) is 7.93. The summed E-state index contributed by atoms with van der Waals surface area (Å²) in [5, 5.41) is 11.1. The number of benzene rings is 2. The largest absolute Gasteiger partial charge is 0.495 e. The second kappa shape index (κ2) is 7.81. The van der Waals surface area contributed by atoms with Crippen molar-refractivity contribution in [2.75, 3.05) is 17.7 Å². The quantitative estimate of drug-likeness (QED) is 0.678. The molecule has 0 unspecified atom stereocenters. The Morgan fingerprint density at radius 2 is 2.00 bits per heavy atom. The summed E-state index contributed by atoms with van der Waals surface area (Å²) in [7, 11) is 1.63. The van der Waals surface area contributed by atoms with Crippen LogP contribution in [0.25, 0.3) is 0 Å². The van der Waals surface area contributed by atoms with Gasteiger partial charge in [-0.1, -0.05) is 42.0 Å². The number of hydrogen-bond acceptors (Lipinski definition) is 3. The molecule has 1 aromatic heterocycles. The van der Waals surface area contributed by atoms with Crippen LogP contribution in [0, 0.1) is 6.92 Å². The average molecular weight is 352 g/mol. The smallest absolute Gasteiger partial charge is 0.175 e. The monoisotopic (exact) mass is 352 g/mol. The zero-order valence-corrected chi connectivity index (χ0v) is 15.0. The lowest BCUT2D eigenvalue weighted by Gasteiger charge is -2.12. The van der Waals surface area contributed by atoms with Crippen LogP contribution in [0.2, 0.25) is 0 Å². The predicted octanol–water partition coefficient (Wildman–Crippen LogP) is 4.06. The number of aromatic nitrogens is 2. The topological polar surface area (TPSA) is 51.1 Å². The first kappa shape index (κ1) is 17.0. The van der Waals surface area contributed by atoms with E-state index in [-0.39, 0.29) is 0 Å². The zero-order valence-electron chi connectivity index (χ0n) is 14.2. The summed E-state index contributed by atoms with van der Waals surface area (Å²) in [4.78, 5) is 0. The number of thiocarbonyl (C=S) groups is 1. The van der Waals surface area contributed by atoms with Gasteiger partial charge in [0, 0.05) is 6.20 Å². The number of nitrogens with zero attached hydrogens (tertiary/aromatic N) is 2. The standard InChI is InChI=1S/C19H20N4OS/c1-14-6-5-7-15(10-14)12-23-13-16(11-20-23)21-19(25)22-17-8-3-4-9-18(17)24-2/h3-11,13H,12H2,1-2H3,(H2,21,22,25). The molecule has 1 heterocycles. The van der Waals surface area contributed by atoms with Crippen molar-refractivity contribution in [2.45, 2.75) is 13.5 Å². The zero-order chi connectivity index (χ0) is 17.6. The molecule has 6 heteroatoms. The maximum absolute atomic E-state index is 5.37. The Hall–Kier alpha value is -2.86. The summed E-state index contributed by atoms with van der Waals surface area (Å²) >= 11 is 5.37. The molecule has 2 aromatic carbocycles. The van der Waals surface area contributed by atoms with E-state index in [4.69, 9.17) is 17.0 Å². The molecule has 3 aromatic rings. The van der Waals surface area contributed by atoms with E-state index in [1.165, 1.54) is 11.1 Å². The third-order valence-corrected chi connectivity index (χ3v) is 3.88. The number of methoxy groups -OCH3 is 1. The maximum atomic E-state index is 5.37. The van der Waals surface area contributed by atoms with Crippen molar-refractivity contribution in [2.24, 2.45) is 0 Å². The SMILES string of the molecule is COc1ccccc1NC(=S)Nc1cnn(Cc2cccc(C)c2)c1. The molecule has 0 aliphatic rings. The molecule has 3 rings (SSSR count). The van der Waals surface area contributed by atoms with Gasteiger partial charge < -0.3 is 15.4 Å². The Balaban J connectivity index is 1.62. The van der Waals surface area contributed by atoms with Crippen molar-refractivity contribution in [3.8, 4) is 5.75 Å². The summed E-state index contributed by atoms with van der Waals surface area (Å²) in [6.45, 7) is 2.80. The second-order valence-electron chi connectivity index (χ2n) is 5.70. The van der Waals surface area contributed by atoms with E-state index < -0.39 is 0 Å². The number of anilines is 2. The molecule has 0 amide bonds. The Bertz CT molecular complexity index is 875. The highest BCUT2D eigenvalue weighted by molar-refractivity contribution is 7.80. The average Bonchev–Trinajstić information content (AvgIpc) is 3.02. The Kier molecular flexibility index (Phi) is 5.30. The van der Waals surface area contributed by atoms with Crippen molar-refractivity contribution < 1.29 is 4.74 Å². The van der Waals surface area contributed by atoms with Gasteiger partial charge in [-0.25, -0.2) is 0 Å². The molecule has 128 valence electrons. The molecule has 0 atom stereocenters. The molecule has 5 nitrogen and oxygen atoms in total. The lowest BCUT2D eigenvalue weighted by Crippen LogP contribution is -2.19. The minimum atomic E-state index is 0.486. The molecule has 0 saturated heterocycles. The van der Waals surface area contributed by atoms with Gasteiger partial charge in [0.1, 0.15) is 5.75 Å². The van der Waals surface area contributed by atoms with E-state index in [1.807, 2.05) is 35.1 Å². The predicted molar refractivity (Wildman–Crippen MR) is 105 cm³/mol. The van der Waals surface area contributed by atoms with Crippen LogP contribution in [-0.2, 0) is 6.54 Å². The number of aryl methyl sites for hydroxylation is 1. The normalized spacial score (nSPS) is 10.3. The van der Waals surface area contributed by atoms with E-state index >= 15 is 0 Å². The Labute approximate surface area is 152 Å². The number of rotatable bonds is 5. The molecule has 0 bridgehead atoms. The van der Waals surface area contributed by atoms with Crippen LogP contribution >= 0.6 is 12.2 Å². The molecule has 25 heavy (non-hydrogen) atoms. The highest BCUT2D eigenvalue weighted by Crippen LogP contribution is 2.23. The molecule has 0 saturated carbocycles. The van der Waals surface area contributed by atoms with Gasteiger partial charge in [-0.3, -0.25) is 4.68 Å². The minimum Gasteiger partial charge on any atom is -0.495 e. The highest BCUT2D eigenvalue weighted by Gasteiger charge is 2.06. The van der Waals surface area contributed by atoms with E-state index in [9.17, 15) is 0 Å². The molecule has 0 radical (unpaired) electrons. The summed E-state index contributed by atoms with van der Waals surface area (Å²) in [5.74, 6) is 0.738. The molecule has 0 aliphatic heterocycles. The van der Waals surface area contributed by atoms with Gasteiger partial charge >= 0.3 is 0 Å². The third kappa shape index (κ3) is 4.58. The molecule has 0 spiro atoms. The molecular weight excluding hydrogens is 332 g/mol. The summed E-state index contributed by atoms with van der Waals surface area (Å²) in [5.41, 5.74) is 4.10. The fraction of sp³-hybridized carbons (Fsp3) is 0.158. The van der Waals surface area contributed by atoms with Crippen LogP contribution in [0.3, 0.4) is 0 Å². The number of nitrogens with one attached hydrogen (secondary N) is 2. The number of ether oxygens (including phenoxy) is 1. The lowest BCUT2D eigenvalue weighted by atomic mass is 10.1. The van der Waals surface area contributed by atoms with Gasteiger partial charge in [0.05, 0.1) is 31.2 Å². The molecule has 0 fully saturated rings. The number of para-hydroxylation sites is 2. The maximum Gasteiger partial charge on any atom is 0.175 e. The van der Waals surface area contributed by atoms with Crippen LogP contribution in [-0.4, -0.2) is 22.0 Å². The number of hydrogen-bond donors (Lipinski definition) is 2. The summed E-state index contributed by atoms with van der Waals surface area (Å²) < 4.78 is 7.19. The minimum absolute atomic E-state index is 0.486. The Morgan fingerprint density at radius 1 is 1.16 bits per heavy atom. The second-order valence-corrected chi connectivity index (χ2v) is 6.10. The first-order chi connectivity index (χ1) is 12.1. The van der Waals surface area contributed by atoms with E-state index in [1.54, 1.807) is 13.3 Å². The van der Waals surface area contributed by atoms with Crippen LogP contribution in [0.1, 0.15) is 11.1 Å². The fourth-order valence-corrected chi connectivity index (χ4v) is 2.77. The molecule has 2 N–H and O–H groups in total. The van der Waals surface area contributed by atoms with Crippen LogP contribution in [0.4, 0.5) is 11.4 Å². The molecular formula is C19H20N4OS. The van der Waals surface area contributed by atoms with Crippen LogP contribution in [0.15, 0.2) is 60.9 Å². The van der Waals surface area contributed by atoms with E-state index in [0.717, 1.165) is 23.7 Å². The van der Waals surface area contributed by atoms with Crippen molar-refractivity contribution in [1.29, 1.82) is 0 Å². The van der Waals surface area contributed by atoms with Crippen molar-refractivity contribution in [1.82, 2.24) is 9.78 Å². The summed E-state index contributed by atoms with van der Waals surface area (Å²) in [6, 6.07) is 16.0. The van der Waals surface area contributed by atoms with E-state index in [0.29, 0.717) is 5.11 Å².